The number of nitrogens with zero attached hydrogens (tertiary/aromatic N) is 2. The summed E-state index contributed by atoms with van der Waals surface area (Å²) in [6, 6.07) is 9.20. The van der Waals surface area contributed by atoms with Gasteiger partial charge in [0.15, 0.2) is 17.4 Å². The number of phenols is 1. The zero-order valence-corrected chi connectivity index (χ0v) is 19.1. The number of non-ortho nitro benzene ring substituents is 1. The number of anilines is 1. The predicted octanol–water partition coefficient (Wildman–Crippen LogP) is 3.69. The number of amides is 2. The van der Waals surface area contributed by atoms with Crippen LogP contribution in [-0.2, 0) is 14.3 Å². The third-order valence-electron chi connectivity index (χ3n) is 7.73. The first-order chi connectivity index (χ1) is 16.5. The first-order valence-electron chi connectivity index (χ1n) is 11.5. The van der Waals surface area contributed by atoms with E-state index in [4.69, 9.17) is 4.74 Å². The summed E-state index contributed by atoms with van der Waals surface area (Å²) in [5, 5.41) is 32.6. The summed E-state index contributed by atoms with van der Waals surface area (Å²) in [6.07, 6.45) is -0.357. The molecular formula is C25H25FN2O7. The summed E-state index contributed by atoms with van der Waals surface area (Å²) in [5.74, 6) is -6.93. The Bertz CT molecular complexity index is 1230. The van der Waals surface area contributed by atoms with Crippen molar-refractivity contribution in [3.8, 4) is 5.75 Å². The Balaban J connectivity index is 1.54. The van der Waals surface area contributed by atoms with Gasteiger partial charge < -0.3 is 14.9 Å². The van der Waals surface area contributed by atoms with Crippen LogP contribution in [0.1, 0.15) is 38.4 Å². The number of imide groups is 1. The highest BCUT2D eigenvalue weighted by molar-refractivity contribution is 6.22. The second kappa shape index (κ2) is 8.10. The van der Waals surface area contributed by atoms with E-state index in [0.29, 0.717) is 5.56 Å². The molecule has 1 saturated carbocycles. The maximum atomic E-state index is 14.0. The predicted molar refractivity (Wildman–Crippen MR) is 120 cm³/mol. The smallest absolute Gasteiger partial charge is 0.271 e. The second-order valence-electron chi connectivity index (χ2n) is 9.92. The minimum absolute atomic E-state index is 0.0893. The van der Waals surface area contributed by atoms with Gasteiger partial charge in [0.1, 0.15) is 0 Å². The highest BCUT2D eigenvalue weighted by atomic mass is 19.1. The molecule has 2 aliphatic heterocycles. The number of carbonyl (C=O) groups excluding carboxylic acids is 2. The minimum Gasteiger partial charge on any atom is -0.505 e. The maximum absolute atomic E-state index is 14.0. The average molecular weight is 484 g/mol. The molecule has 9 nitrogen and oxygen atoms in total. The van der Waals surface area contributed by atoms with E-state index in [1.165, 1.54) is 36.4 Å². The molecule has 5 rings (SSSR count). The van der Waals surface area contributed by atoms with Crippen LogP contribution in [0.4, 0.5) is 15.8 Å². The van der Waals surface area contributed by atoms with Crippen molar-refractivity contribution in [3.63, 3.8) is 0 Å². The third kappa shape index (κ3) is 3.51. The summed E-state index contributed by atoms with van der Waals surface area (Å²) in [7, 11) is 0. The van der Waals surface area contributed by atoms with E-state index in [9.17, 15) is 34.3 Å². The zero-order chi connectivity index (χ0) is 25.2. The normalized spacial score (nSPS) is 32.1. The van der Waals surface area contributed by atoms with Crippen molar-refractivity contribution in [2.75, 3.05) is 4.90 Å². The Morgan fingerprint density at radius 1 is 1.17 bits per heavy atom. The number of ether oxygens (including phenoxy) is 1. The molecular weight excluding hydrogens is 459 g/mol. The average Bonchev–Trinajstić information content (AvgIpc) is 3.28. The van der Waals surface area contributed by atoms with E-state index >= 15 is 0 Å². The second-order valence-corrected chi connectivity index (χ2v) is 9.92. The number of fused-ring (bicyclic) bond motifs is 3. The first-order valence-corrected chi connectivity index (χ1v) is 11.5. The van der Waals surface area contributed by atoms with Crippen molar-refractivity contribution >= 4 is 23.2 Å². The van der Waals surface area contributed by atoms with E-state index in [0.717, 1.165) is 11.0 Å². The summed E-state index contributed by atoms with van der Waals surface area (Å²) in [4.78, 5) is 38.7. The number of aliphatic hydroxyl groups is 1. The quantitative estimate of drug-likeness (QED) is 0.385. The van der Waals surface area contributed by atoms with Gasteiger partial charge in [0, 0.05) is 24.0 Å². The number of rotatable bonds is 4. The molecule has 2 N–H and O–H groups in total. The number of nitro benzene ring substituents is 1. The van der Waals surface area contributed by atoms with Gasteiger partial charge in [0.25, 0.3) is 5.69 Å². The number of phenolic OH excluding ortho intramolecular Hbond substituents is 1. The van der Waals surface area contributed by atoms with Crippen molar-refractivity contribution in [2.24, 2.45) is 29.6 Å². The molecule has 2 heterocycles. The fourth-order valence-electron chi connectivity index (χ4n) is 6.10. The van der Waals surface area contributed by atoms with E-state index < -0.39 is 63.9 Å². The fourth-order valence-corrected chi connectivity index (χ4v) is 6.10. The minimum atomic E-state index is -1.72. The molecule has 0 radical (unpaired) electrons. The lowest BCUT2D eigenvalue weighted by Crippen LogP contribution is -2.55. The Morgan fingerprint density at radius 2 is 1.91 bits per heavy atom. The molecule has 6 atom stereocenters. The number of hydrogen-bond acceptors (Lipinski definition) is 7. The molecule has 1 aliphatic carbocycles. The summed E-state index contributed by atoms with van der Waals surface area (Å²) < 4.78 is 20.2. The number of halogens is 1. The fraction of sp³-hybridized carbons (Fsp3) is 0.440. The topological polar surface area (TPSA) is 130 Å². The van der Waals surface area contributed by atoms with Gasteiger partial charge in [0.2, 0.25) is 11.8 Å². The lowest BCUT2D eigenvalue weighted by atomic mass is 9.62. The van der Waals surface area contributed by atoms with Gasteiger partial charge in [-0.25, -0.2) is 9.29 Å². The van der Waals surface area contributed by atoms with Crippen molar-refractivity contribution in [1.29, 1.82) is 0 Å². The van der Waals surface area contributed by atoms with Gasteiger partial charge in [-0.05, 0) is 42.5 Å². The maximum Gasteiger partial charge on any atom is 0.271 e. The van der Waals surface area contributed by atoms with Crippen LogP contribution in [0, 0.1) is 45.5 Å². The monoisotopic (exact) mass is 484 g/mol. The molecule has 0 unspecified atom stereocenters. The molecule has 184 valence electrons. The lowest BCUT2D eigenvalue weighted by molar-refractivity contribution is -0.384. The van der Waals surface area contributed by atoms with Gasteiger partial charge in [-0.3, -0.25) is 19.7 Å². The van der Waals surface area contributed by atoms with Gasteiger partial charge in [-0.15, -0.1) is 0 Å². The first kappa shape index (κ1) is 23.4. The van der Waals surface area contributed by atoms with Crippen molar-refractivity contribution in [1.82, 2.24) is 0 Å². The molecule has 2 aromatic rings. The van der Waals surface area contributed by atoms with E-state index in [2.05, 4.69) is 0 Å². The van der Waals surface area contributed by atoms with Crippen LogP contribution < -0.4 is 4.90 Å². The number of benzene rings is 2. The Hall–Kier alpha value is -3.37. The summed E-state index contributed by atoms with van der Waals surface area (Å²) in [6.45, 7) is 3.80. The van der Waals surface area contributed by atoms with E-state index in [1.54, 1.807) is 0 Å². The summed E-state index contributed by atoms with van der Waals surface area (Å²) >= 11 is 0. The summed E-state index contributed by atoms with van der Waals surface area (Å²) in [5.41, 5.74) is 0.284. The van der Waals surface area contributed by atoms with Crippen LogP contribution in [0.5, 0.6) is 5.75 Å². The van der Waals surface area contributed by atoms with E-state index in [-0.39, 0.29) is 30.1 Å². The SMILES string of the molecule is CC(C)[C@H]1C[C@@H]2C(=O)N(c3cccc([N+](=O)[O-])c3)C(=O)[C@@H]2[C@@H]2C[C@@H](c3ccc(O)c(F)c3)O[C@]12O. The van der Waals surface area contributed by atoms with Crippen LogP contribution in [0.15, 0.2) is 42.5 Å². The van der Waals surface area contributed by atoms with Gasteiger partial charge in [-0.2, -0.15) is 0 Å². The molecule has 0 aromatic heterocycles. The zero-order valence-electron chi connectivity index (χ0n) is 19.1. The standard InChI is InChI=1S/C25H25FN2O7/c1-12(2)17-10-16-22(24(31)27(23(16)30)14-4-3-5-15(9-14)28(33)34)18-11-21(35-25(17,18)32)13-6-7-20(29)19(26)8-13/h3-9,12,16-18,21-22,29,32H,10-11H2,1-2H3/t16-,17+,18-,21-,22-,25+/m0/s1. The molecule has 3 fully saturated rings. The Morgan fingerprint density at radius 3 is 2.57 bits per heavy atom. The van der Waals surface area contributed by atoms with Crippen molar-refractivity contribution in [2.45, 2.75) is 38.6 Å². The van der Waals surface area contributed by atoms with Crippen LogP contribution in [0.3, 0.4) is 0 Å². The van der Waals surface area contributed by atoms with E-state index in [1.807, 2.05) is 13.8 Å². The number of hydrogen-bond donors (Lipinski definition) is 2. The van der Waals surface area contributed by atoms with Gasteiger partial charge in [-0.1, -0.05) is 26.0 Å². The molecule has 0 bridgehead atoms. The highest BCUT2D eigenvalue weighted by Crippen LogP contribution is 2.60. The number of carbonyl (C=O) groups is 2. The molecule has 2 saturated heterocycles. The molecule has 2 amide bonds. The third-order valence-corrected chi connectivity index (χ3v) is 7.73. The van der Waals surface area contributed by atoms with Gasteiger partial charge in [0.05, 0.1) is 28.6 Å². The number of nitro groups is 1. The van der Waals surface area contributed by atoms with Crippen LogP contribution in [-0.4, -0.2) is 32.7 Å². The Kier molecular flexibility index (Phi) is 5.41. The largest absolute Gasteiger partial charge is 0.505 e. The molecule has 3 aliphatic rings. The Labute approximate surface area is 200 Å². The van der Waals surface area contributed by atoms with Crippen molar-refractivity contribution < 1.29 is 33.9 Å². The molecule has 0 spiro atoms. The van der Waals surface area contributed by atoms with Gasteiger partial charge >= 0.3 is 0 Å². The van der Waals surface area contributed by atoms with Crippen LogP contribution in [0.2, 0.25) is 0 Å². The van der Waals surface area contributed by atoms with Crippen molar-refractivity contribution in [3.05, 3.63) is 64.0 Å². The van der Waals surface area contributed by atoms with Crippen LogP contribution in [0.25, 0.3) is 0 Å². The lowest BCUT2D eigenvalue weighted by Gasteiger charge is -2.46. The highest BCUT2D eigenvalue weighted by Gasteiger charge is 2.67. The molecule has 10 heteroatoms. The molecule has 2 aromatic carbocycles. The van der Waals surface area contributed by atoms with Crippen LogP contribution >= 0.6 is 0 Å². The molecule has 35 heavy (non-hydrogen) atoms. The number of aromatic hydroxyl groups is 1.